The van der Waals surface area contributed by atoms with Crippen LogP contribution in [0.2, 0.25) is 0 Å². The number of hydrogen-bond donors (Lipinski definition) is 0. The molecule has 2 aromatic heterocycles. The monoisotopic (exact) mass is 394 g/mol. The molecule has 0 radical (unpaired) electrons. The minimum absolute atomic E-state index is 0.971. The highest BCUT2D eigenvalue weighted by atomic mass is 15.0. The van der Waals surface area contributed by atoms with Crippen molar-refractivity contribution in [1.29, 1.82) is 0 Å². The van der Waals surface area contributed by atoms with Crippen molar-refractivity contribution in [2.45, 2.75) is 12.8 Å². The molecule has 0 fully saturated rings. The van der Waals surface area contributed by atoms with Crippen LogP contribution in [-0.2, 0) is 12.8 Å². The molecule has 2 aliphatic carbocycles. The minimum atomic E-state index is 0.971. The van der Waals surface area contributed by atoms with Crippen molar-refractivity contribution in [3.05, 3.63) is 107 Å². The second kappa shape index (κ2) is 5.41. The van der Waals surface area contributed by atoms with Gasteiger partial charge in [0.25, 0.3) is 0 Å². The quantitative estimate of drug-likeness (QED) is 0.259. The van der Waals surface area contributed by atoms with Crippen molar-refractivity contribution in [1.82, 2.24) is 9.38 Å². The van der Waals surface area contributed by atoms with Crippen LogP contribution in [0.3, 0.4) is 0 Å². The van der Waals surface area contributed by atoms with Crippen molar-refractivity contribution < 1.29 is 0 Å². The van der Waals surface area contributed by atoms with Gasteiger partial charge in [-0.05, 0) is 80.9 Å². The first-order chi connectivity index (χ1) is 15.4. The molecule has 8 rings (SSSR count). The molecule has 6 aromatic rings. The van der Waals surface area contributed by atoms with E-state index in [2.05, 4.69) is 83.4 Å². The highest BCUT2D eigenvalue weighted by molar-refractivity contribution is 6.15. The first-order valence-electron chi connectivity index (χ1n) is 10.9. The Labute approximate surface area is 179 Å². The largest absolute Gasteiger partial charge is 0.299 e. The van der Waals surface area contributed by atoms with E-state index in [9.17, 15) is 0 Å². The van der Waals surface area contributed by atoms with Gasteiger partial charge in [0, 0.05) is 23.2 Å². The maximum atomic E-state index is 4.79. The molecule has 0 bridgehead atoms. The van der Waals surface area contributed by atoms with E-state index in [-0.39, 0.29) is 0 Å². The summed E-state index contributed by atoms with van der Waals surface area (Å²) in [4.78, 5) is 4.79. The summed E-state index contributed by atoms with van der Waals surface area (Å²) in [5, 5.41) is 3.90. The predicted molar refractivity (Wildman–Crippen MR) is 127 cm³/mol. The Morgan fingerprint density at radius 1 is 0.645 bits per heavy atom. The van der Waals surface area contributed by atoms with Crippen molar-refractivity contribution in [2.24, 2.45) is 0 Å². The average Bonchev–Trinajstić information content (AvgIpc) is 3.52. The lowest BCUT2D eigenvalue weighted by Gasteiger charge is -2.12. The van der Waals surface area contributed by atoms with Crippen LogP contribution in [0.25, 0.3) is 49.6 Å². The number of imidazole rings is 1. The van der Waals surface area contributed by atoms with E-state index in [4.69, 9.17) is 4.98 Å². The fourth-order valence-electron chi connectivity index (χ4n) is 5.97. The third-order valence-electron chi connectivity index (χ3n) is 7.31. The molecular weight excluding hydrogens is 376 g/mol. The summed E-state index contributed by atoms with van der Waals surface area (Å²) in [7, 11) is 0. The summed E-state index contributed by atoms with van der Waals surface area (Å²) in [5.74, 6) is 0. The number of fused-ring (bicyclic) bond motifs is 13. The van der Waals surface area contributed by atoms with Gasteiger partial charge in [0.15, 0.2) is 0 Å². The van der Waals surface area contributed by atoms with Gasteiger partial charge in [-0.1, -0.05) is 54.6 Å². The van der Waals surface area contributed by atoms with Crippen LogP contribution in [-0.4, -0.2) is 9.38 Å². The Hall–Kier alpha value is -3.91. The molecule has 4 aromatic carbocycles. The smallest absolute Gasteiger partial charge is 0.145 e. The molecule has 0 saturated heterocycles. The Balaban J connectivity index is 1.44. The van der Waals surface area contributed by atoms with E-state index in [0.29, 0.717) is 0 Å². The van der Waals surface area contributed by atoms with E-state index in [0.717, 1.165) is 18.5 Å². The minimum Gasteiger partial charge on any atom is -0.299 e. The molecule has 2 heterocycles. The number of para-hydroxylation sites is 1. The number of rotatable bonds is 0. The SMILES string of the molecule is c1ccc2c(c1)Cc1cc3c(cc1-2)Cc1c-3ccc2c3ccccc3n3ccnc3c12. The van der Waals surface area contributed by atoms with Crippen molar-refractivity contribution in [3.8, 4) is 22.3 Å². The molecule has 0 saturated carbocycles. The van der Waals surface area contributed by atoms with Crippen LogP contribution >= 0.6 is 0 Å². The van der Waals surface area contributed by atoms with Crippen LogP contribution < -0.4 is 0 Å². The lowest BCUT2D eigenvalue weighted by atomic mass is 9.96. The summed E-state index contributed by atoms with van der Waals surface area (Å²) in [6.07, 6.45) is 6.02. The fraction of sp³-hybridized carbons (Fsp3) is 0.0690. The van der Waals surface area contributed by atoms with Crippen LogP contribution in [0.5, 0.6) is 0 Å². The van der Waals surface area contributed by atoms with Crippen molar-refractivity contribution in [3.63, 3.8) is 0 Å². The van der Waals surface area contributed by atoms with Gasteiger partial charge in [-0.2, -0.15) is 0 Å². The zero-order valence-corrected chi connectivity index (χ0v) is 16.9. The van der Waals surface area contributed by atoms with Gasteiger partial charge in [-0.25, -0.2) is 4.98 Å². The summed E-state index contributed by atoms with van der Waals surface area (Å²) in [5.41, 5.74) is 13.7. The number of pyridine rings is 1. The van der Waals surface area contributed by atoms with Crippen LogP contribution in [0, 0.1) is 0 Å². The zero-order chi connectivity index (χ0) is 20.1. The zero-order valence-electron chi connectivity index (χ0n) is 16.9. The molecule has 0 spiro atoms. The molecule has 0 amide bonds. The Kier molecular flexibility index (Phi) is 2.77. The van der Waals surface area contributed by atoms with Crippen molar-refractivity contribution >= 4 is 27.3 Å². The predicted octanol–water partition coefficient (Wildman–Crippen LogP) is 6.78. The molecule has 0 atom stereocenters. The Morgan fingerprint density at radius 2 is 1.45 bits per heavy atom. The molecule has 0 unspecified atom stereocenters. The van der Waals surface area contributed by atoms with Crippen molar-refractivity contribution in [2.75, 3.05) is 0 Å². The van der Waals surface area contributed by atoms with E-state index in [1.54, 1.807) is 0 Å². The maximum absolute atomic E-state index is 4.79. The fourth-order valence-corrected chi connectivity index (χ4v) is 5.97. The molecule has 144 valence electrons. The van der Waals surface area contributed by atoms with E-state index < -0.39 is 0 Å². The number of benzene rings is 4. The van der Waals surface area contributed by atoms with Gasteiger partial charge in [-0.15, -0.1) is 0 Å². The molecule has 0 aliphatic heterocycles. The number of hydrogen-bond acceptors (Lipinski definition) is 1. The Morgan fingerprint density at radius 3 is 2.42 bits per heavy atom. The molecule has 2 aliphatic rings. The third kappa shape index (κ3) is 1.91. The first kappa shape index (κ1) is 15.9. The summed E-state index contributed by atoms with van der Waals surface area (Å²) in [6.45, 7) is 0. The molecule has 31 heavy (non-hydrogen) atoms. The van der Waals surface area contributed by atoms with Gasteiger partial charge in [-0.3, -0.25) is 4.40 Å². The van der Waals surface area contributed by atoms with Gasteiger partial charge >= 0.3 is 0 Å². The highest BCUT2D eigenvalue weighted by Crippen LogP contribution is 2.47. The number of aromatic nitrogens is 2. The molecule has 2 heteroatoms. The molecule has 0 N–H and O–H groups in total. The lowest BCUT2D eigenvalue weighted by molar-refractivity contribution is 1.24. The lowest BCUT2D eigenvalue weighted by Crippen LogP contribution is -1.94. The number of nitrogens with zero attached hydrogens (tertiary/aromatic N) is 2. The topological polar surface area (TPSA) is 17.3 Å². The highest BCUT2D eigenvalue weighted by Gasteiger charge is 2.27. The van der Waals surface area contributed by atoms with Crippen LogP contribution in [0.4, 0.5) is 0 Å². The molecule has 2 nitrogen and oxygen atoms in total. The summed E-state index contributed by atoms with van der Waals surface area (Å²) >= 11 is 0. The Bertz CT molecular complexity index is 1740. The molecular formula is C29H18N2. The van der Waals surface area contributed by atoms with Gasteiger partial charge in [0.1, 0.15) is 5.65 Å². The third-order valence-corrected chi connectivity index (χ3v) is 7.31. The second-order valence-electron chi connectivity index (χ2n) is 8.83. The van der Waals surface area contributed by atoms with Gasteiger partial charge in [0.05, 0.1) is 5.52 Å². The standard InChI is InChI=1S/C29H18N2/c1-2-6-20-17(5-1)13-18-14-25-19(15-24(18)20)16-26-21(25)9-10-23-22-7-3-4-8-27(22)31-12-11-30-29(31)28(23)26/h1-12,14-15H,13,16H2. The maximum Gasteiger partial charge on any atom is 0.145 e. The van der Waals surface area contributed by atoms with Gasteiger partial charge in [0.2, 0.25) is 0 Å². The summed E-state index contributed by atoms with van der Waals surface area (Å²) < 4.78 is 2.25. The van der Waals surface area contributed by atoms with Gasteiger partial charge < -0.3 is 0 Å². The van der Waals surface area contributed by atoms with E-state index >= 15 is 0 Å². The first-order valence-corrected chi connectivity index (χ1v) is 10.9. The summed E-state index contributed by atoms with van der Waals surface area (Å²) in [6, 6.07) is 27.1. The second-order valence-corrected chi connectivity index (χ2v) is 8.83. The van der Waals surface area contributed by atoms with Crippen LogP contribution in [0.15, 0.2) is 85.2 Å². The van der Waals surface area contributed by atoms with E-state index in [1.165, 1.54) is 66.2 Å². The average molecular weight is 394 g/mol. The van der Waals surface area contributed by atoms with Crippen LogP contribution in [0.1, 0.15) is 22.3 Å². The normalized spacial score (nSPS) is 13.5. The van der Waals surface area contributed by atoms with E-state index in [1.807, 2.05) is 6.20 Å².